The normalized spacial score (nSPS) is 17.2. The molecule has 2 aliphatic rings. The molecule has 32 heavy (non-hydrogen) atoms. The van der Waals surface area contributed by atoms with E-state index in [0.29, 0.717) is 24.7 Å². The van der Waals surface area contributed by atoms with Crippen LogP contribution in [0.15, 0.2) is 24.3 Å². The van der Waals surface area contributed by atoms with Crippen LogP contribution in [0.1, 0.15) is 22.3 Å². The lowest BCUT2D eigenvalue weighted by molar-refractivity contribution is -0.0638. The van der Waals surface area contributed by atoms with Gasteiger partial charge in [0.1, 0.15) is 11.5 Å². The van der Waals surface area contributed by atoms with E-state index in [2.05, 4.69) is 4.90 Å². The quantitative estimate of drug-likeness (QED) is 0.572. The van der Waals surface area contributed by atoms with E-state index in [1.807, 2.05) is 24.3 Å². The van der Waals surface area contributed by atoms with E-state index in [0.717, 1.165) is 58.7 Å². The minimum atomic E-state index is -0.175. The minimum absolute atomic E-state index is 0.101. The first kappa shape index (κ1) is 21.4. The van der Waals surface area contributed by atoms with Crippen molar-refractivity contribution in [3.05, 3.63) is 46.5 Å². The monoisotopic (exact) mass is 439 g/mol. The highest BCUT2D eigenvalue weighted by Crippen LogP contribution is 2.41. The predicted molar refractivity (Wildman–Crippen MR) is 121 cm³/mol. The Hall–Kier alpha value is -2.42. The molecule has 0 amide bonds. The molecule has 5 rings (SSSR count). The molecule has 0 radical (unpaired) electrons. The van der Waals surface area contributed by atoms with Crippen molar-refractivity contribution >= 4 is 21.5 Å². The lowest BCUT2D eigenvalue weighted by Crippen LogP contribution is -2.37. The Kier molecular flexibility index (Phi) is 5.92. The van der Waals surface area contributed by atoms with Crippen LogP contribution < -0.4 is 9.47 Å². The average molecular weight is 440 g/mol. The summed E-state index contributed by atoms with van der Waals surface area (Å²) < 4.78 is 22.5. The molecule has 7 heteroatoms. The standard InChI is InChI=1S/C25H29NO6/c1-29-23-9-20-17-3-4-26(12-25-31-5-6-32-25)11-22(17)21-10-24(30-2)16(14-28)8-19(21)18(20)7-15(23)13-27/h7-10,25,27-28H,3-6,11-14H2,1-2H3. The van der Waals surface area contributed by atoms with Crippen LogP contribution in [-0.4, -0.2) is 61.9 Å². The van der Waals surface area contributed by atoms with Gasteiger partial charge in [0.25, 0.3) is 0 Å². The van der Waals surface area contributed by atoms with Crippen molar-refractivity contribution in [3.8, 4) is 11.5 Å². The molecule has 0 aliphatic carbocycles. The van der Waals surface area contributed by atoms with E-state index in [1.165, 1.54) is 11.1 Å². The SMILES string of the molecule is COc1cc2c3c(c4cc(OC)c(CO)cc4c2cc1CO)CN(CC1OCCO1)CC3. The third kappa shape index (κ3) is 3.60. The van der Waals surface area contributed by atoms with Crippen LogP contribution in [0.25, 0.3) is 21.5 Å². The molecular weight excluding hydrogens is 410 g/mol. The molecule has 2 heterocycles. The Morgan fingerprint density at radius 3 is 1.94 bits per heavy atom. The smallest absolute Gasteiger partial charge is 0.170 e. The Morgan fingerprint density at radius 2 is 1.41 bits per heavy atom. The van der Waals surface area contributed by atoms with Crippen LogP contribution in [0.5, 0.6) is 11.5 Å². The van der Waals surface area contributed by atoms with Crippen molar-refractivity contribution in [1.82, 2.24) is 4.90 Å². The summed E-state index contributed by atoms with van der Waals surface area (Å²) in [6.45, 7) is 3.51. The van der Waals surface area contributed by atoms with E-state index in [-0.39, 0.29) is 19.5 Å². The van der Waals surface area contributed by atoms with Gasteiger partial charge in [0.05, 0.1) is 40.6 Å². The van der Waals surface area contributed by atoms with Crippen LogP contribution in [0.3, 0.4) is 0 Å². The zero-order valence-corrected chi connectivity index (χ0v) is 18.5. The highest BCUT2D eigenvalue weighted by molar-refractivity contribution is 6.12. The number of hydrogen-bond acceptors (Lipinski definition) is 7. The van der Waals surface area contributed by atoms with Crippen LogP contribution in [0.2, 0.25) is 0 Å². The number of ether oxygens (including phenoxy) is 4. The van der Waals surface area contributed by atoms with Crippen LogP contribution >= 0.6 is 0 Å². The first-order valence-corrected chi connectivity index (χ1v) is 11.0. The van der Waals surface area contributed by atoms with Gasteiger partial charge in [-0.2, -0.15) is 0 Å². The second-order valence-electron chi connectivity index (χ2n) is 8.35. The summed E-state index contributed by atoms with van der Waals surface area (Å²) in [7, 11) is 3.26. The molecular formula is C25H29NO6. The fraction of sp³-hybridized carbons (Fsp3) is 0.440. The number of benzene rings is 3. The minimum Gasteiger partial charge on any atom is -0.496 e. The maximum absolute atomic E-state index is 9.93. The van der Waals surface area contributed by atoms with E-state index >= 15 is 0 Å². The van der Waals surface area contributed by atoms with Gasteiger partial charge < -0.3 is 29.2 Å². The largest absolute Gasteiger partial charge is 0.496 e. The summed E-state index contributed by atoms with van der Waals surface area (Å²) in [5.74, 6) is 1.37. The molecule has 2 N–H and O–H groups in total. The van der Waals surface area contributed by atoms with Gasteiger partial charge in [0.2, 0.25) is 0 Å². The second kappa shape index (κ2) is 8.84. The van der Waals surface area contributed by atoms with Gasteiger partial charge >= 0.3 is 0 Å². The Bertz CT molecular complexity index is 1150. The van der Waals surface area contributed by atoms with Crippen LogP contribution in [-0.2, 0) is 35.7 Å². The molecule has 0 aromatic heterocycles. The van der Waals surface area contributed by atoms with E-state index in [4.69, 9.17) is 18.9 Å². The van der Waals surface area contributed by atoms with Gasteiger partial charge in [-0.3, -0.25) is 4.90 Å². The molecule has 0 saturated carbocycles. The molecule has 2 aliphatic heterocycles. The van der Waals surface area contributed by atoms with Gasteiger partial charge in [0.15, 0.2) is 6.29 Å². The van der Waals surface area contributed by atoms with Crippen molar-refractivity contribution < 1.29 is 29.2 Å². The zero-order valence-electron chi connectivity index (χ0n) is 18.5. The van der Waals surface area contributed by atoms with E-state index in [9.17, 15) is 10.2 Å². The van der Waals surface area contributed by atoms with Gasteiger partial charge in [-0.05, 0) is 63.4 Å². The Balaban J connectivity index is 1.73. The second-order valence-corrected chi connectivity index (χ2v) is 8.35. The summed E-state index contributed by atoms with van der Waals surface area (Å²) in [4.78, 5) is 2.37. The van der Waals surface area contributed by atoms with Crippen LogP contribution in [0.4, 0.5) is 0 Å². The zero-order chi connectivity index (χ0) is 22.2. The van der Waals surface area contributed by atoms with Crippen molar-refractivity contribution in [1.29, 1.82) is 0 Å². The van der Waals surface area contributed by atoms with Gasteiger partial charge in [-0.25, -0.2) is 0 Å². The highest BCUT2D eigenvalue weighted by Gasteiger charge is 2.27. The lowest BCUT2D eigenvalue weighted by atomic mass is 9.86. The van der Waals surface area contributed by atoms with Crippen molar-refractivity contribution in [2.75, 3.05) is 40.5 Å². The maximum atomic E-state index is 9.93. The van der Waals surface area contributed by atoms with Gasteiger partial charge in [0, 0.05) is 30.8 Å². The highest BCUT2D eigenvalue weighted by atomic mass is 16.7. The summed E-state index contributed by atoms with van der Waals surface area (Å²) in [6.07, 6.45) is 0.714. The summed E-state index contributed by atoms with van der Waals surface area (Å²) in [5.41, 5.74) is 4.02. The molecule has 170 valence electrons. The summed E-state index contributed by atoms with van der Waals surface area (Å²) >= 11 is 0. The van der Waals surface area contributed by atoms with Gasteiger partial charge in [-0.15, -0.1) is 0 Å². The first-order chi connectivity index (χ1) is 15.7. The van der Waals surface area contributed by atoms with Crippen LogP contribution in [0, 0.1) is 0 Å². The molecule has 1 saturated heterocycles. The number of nitrogens with zero attached hydrogens (tertiary/aromatic N) is 1. The number of rotatable bonds is 6. The third-order valence-electron chi connectivity index (χ3n) is 6.64. The predicted octanol–water partition coefficient (Wildman–Crippen LogP) is 2.73. The van der Waals surface area contributed by atoms with Crippen molar-refractivity contribution in [2.24, 2.45) is 0 Å². The Labute approximate surface area is 187 Å². The number of hydrogen-bond donors (Lipinski definition) is 2. The van der Waals surface area contributed by atoms with Gasteiger partial charge in [-0.1, -0.05) is 0 Å². The number of fused-ring (bicyclic) bond motifs is 6. The average Bonchev–Trinajstić information content (AvgIpc) is 3.35. The Morgan fingerprint density at radius 1 is 0.844 bits per heavy atom. The number of aliphatic hydroxyl groups is 2. The molecule has 3 aromatic rings. The number of methoxy groups -OCH3 is 2. The molecule has 0 atom stereocenters. The molecule has 1 fully saturated rings. The molecule has 0 spiro atoms. The maximum Gasteiger partial charge on any atom is 0.170 e. The third-order valence-corrected chi connectivity index (χ3v) is 6.64. The van der Waals surface area contributed by atoms with E-state index < -0.39 is 0 Å². The molecule has 0 unspecified atom stereocenters. The lowest BCUT2D eigenvalue weighted by Gasteiger charge is -2.32. The van der Waals surface area contributed by atoms with Crippen molar-refractivity contribution in [2.45, 2.75) is 32.5 Å². The summed E-state index contributed by atoms with van der Waals surface area (Å²) in [6, 6.07) is 8.10. The molecule has 0 bridgehead atoms. The fourth-order valence-electron chi connectivity index (χ4n) is 5.06. The summed E-state index contributed by atoms with van der Waals surface area (Å²) in [5, 5.41) is 24.2. The van der Waals surface area contributed by atoms with Crippen molar-refractivity contribution in [3.63, 3.8) is 0 Å². The molecule has 7 nitrogen and oxygen atoms in total. The molecule has 3 aromatic carbocycles. The first-order valence-electron chi connectivity index (χ1n) is 11.0. The number of aliphatic hydroxyl groups excluding tert-OH is 2. The topological polar surface area (TPSA) is 80.6 Å². The van der Waals surface area contributed by atoms with E-state index in [1.54, 1.807) is 14.2 Å². The fourth-order valence-corrected chi connectivity index (χ4v) is 5.06.